The Kier molecular flexibility index (Phi) is 7.00. The van der Waals surface area contributed by atoms with E-state index in [9.17, 15) is 0 Å². The van der Waals surface area contributed by atoms with Crippen LogP contribution in [-0.4, -0.2) is 9.65 Å². The van der Waals surface area contributed by atoms with Crippen molar-refractivity contribution < 1.29 is 4.74 Å². The van der Waals surface area contributed by atoms with E-state index in [2.05, 4.69) is 44.0 Å². The van der Waals surface area contributed by atoms with Crippen molar-refractivity contribution in [3.05, 3.63) is 24.7 Å². The summed E-state index contributed by atoms with van der Waals surface area (Å²) in [5, 5.41) is 0. The van der Waals surface area contributed by atoms with Gasteiger partial charge >= 0.3 is 0 Å². The summed E-state index contributed by atoms with van der Waals surface area (Å²) in [6.45, 7) is 0. The quantitative estimate of drug-likeness (QED) is 0.425. The highest BCUT2D eigenvalue weighted by molar-refractivity contribution is 9.09. The topological polar surface area (TPSA) is 9.23 Å². The standard InChI is InChI=1S/C16H24Br2O/c17-15-5-1-13(2-6-15)9-11-19-12-10-14-3-7-16(18)8-4-14/h9-16H,1-8H2. The number of hydrogen-bond acceptors (Lipinski definition) is 1. The highest BCUT2D eigenvalue weighted by atomic mass is 79.9. The van der Waals surface area contributed by atoms with Gasteiger partial charge in [-0.3, -0.25) is 0 Å². The van der Waals surface area contributed by atoms with Crippen molar-refractivity contribution in [1.82, 2.24) is 0 Å². The average Bonchev–Trinajstić information content (AvgIpc) is 2.43. The van der Waals surface area contributed by atoms with E-state index < -0.39 is 0 Å². The zero-order valence-corrected chi connectivity index (χ0v) is 14.6. The maximum absolute atomic E-state index is 5.51. The second kappa shape index (κ2) is 8.51. The van der Waals surface area contributed by atoms with Crippen LogP contribution in [0.3, 0.4) is 0 Å². The summed E-state index contributed by atoms with van der Waals surface area (Å²) in [7, 11) is 0. The summed E-state index contributed by atoms with van der Waals surface area (Å²) < 4.78 is 5.51. The van der Waals surface area contributed by atoms with Crippen molar-refractivity contribution in [3.8, 4) is 0 Å². The lowest BCUT2D eigenvalue weighted by molar-refractivity contribution is 0.367. The zero-order valence-electron chi connectivity index (χ0n) is 11.4. The summed E-state index contributed by atoms with van der Waals surface area (Å²) >= 11 is 7.37. The normalized spacial score (nSPS) is 36.9. The molecule has 0 aromatic carbocycles. The molecule has 0 amide bonds. The maximum atomic E-state index is 5.51. The van der Waals surface area contributed by atoms with E-state index in [-0.39, 0.29) is 0 Å². The van der Waals surface area contributed by atoms with Crippen molar-refractivity contribution in [2.45, 2.75) is 61.0 Å². The molecule has 0 atom stereocenters. The lowest BCUT2D eigenvalue weighted by atomic mass is 9.89. The second-order valence-corrected chi connectivity index (χ2v) is 8.41. The van der Waals surface area contributed by atoms with Crippen LogP contribution in [0.25, 0.3) is 0 Å². The van der Waals surface area contributed by atoms with Crippen molar-refractivity contribution in [2.24, 2.45) is 11.8 Å². The second-order valence-electron chi connectivity index (χ2n) is 5.82. The first-order valence-electron chi connectivity index (χ1n) is 7.51. The molecule has 2 rings (SSSR count). The van der Waals surface area contributed by atoms with Crippen LogP contribution in [0.4, 0.5) is 0 Å². The Balaban J connectivity index is 1.60. The fourth-order valence-corrected chi connectivity index (χ4v) is 3.96. The van der Waals surface area contributed by atoms with Gasteiger partial charge in [-0.25, -0.2) is 0 Å². The number of ether oxygens (including phenoxy) is 1. The van der Waals surface area contributed by atoms with Gasteiger partial charge in [-0.1, -0.05) is 31.9 Å². The predicted octanol–water partition coefficient (Wildman–Crippen LogP) is 5.94. The van der Waals surface area contributed by atoms with Crippen molar-refractivity contribution >= 4 is 31.9 Å². The van der Waals surface area contributed by atoms with Gasteiger partial charge in [0.1, 0.15) is 0 Å². The number of alkyl halides is 2. The molecule has 2 aliphatic rings. The number of allylic oxidation sites excluding steroid dienone is 2. The largest absolute Gasteiger partial charge is 0.473 e. The first kappa shape index (κ1) is 15.6. The van der Waals surface area contributed by atoms with Crippen LogP contribution in [0.1, 0.15) is 51.4 Å². The zero-order chi connectivity index (χ0) is 13.5. The Labute approximate surface area is 134 Å². The van der Waals surface area contributed by atoms with Gasteiger partial charge in [0.15, 0.2) is 0 Å². The molecule has 0 radical (unpaired) electrons. The third-order valence-corrected chi connectivity index (χ3v) is 6.09. The minimum absolute atomic E-state index is 0.714. The van der Waals surface area contributed by atoms with E-state index in [1.54, 1.807) is 0 Å². The summed E-state index contributed by atoms with van der Waals surface area (Å²) in [5.41, 5.74) is 0. The van der Waals surface area contributed by atoms with Crippen LogP contribution < -0.4 is 0 Å². The molecule has 2 fully saturated rings. The first-order chi connectivity index (χ1) is 9.24. The third-order valence-electron chi connectivity index (χ3n) is 4.26. The molecule has 0 saturated heterocycles. The van der Waals surface area contributed by atoms with Gasteiger partial charge in [0, 0.05) is 9.65 Å². The van der Waals surface area contributed by atoms with E-state index in [0.29, 0.717) is 11.8 Å². The van der Waals surface area contributed by atoms with Crippen LogP contribution in [0.5, 0.6) is 0 Å². The van der Waals surface area contributed by atoms with E-state index in [4.69, 9.17) is 4.74 Å². The smallest absolute Gasteiger partial charge is 0.0864 e. The van der Waals surface area contributed by atoms with Gasteiger partial charge in [0.25, 0.3) is 0 Å². The van der Waals surface area contributed by atoms with Crippen molar-refractivity contribution in [2.75, 3.05) is 0 Å². The molecule has 2 saturated carbocycles. The van der Waals surface area contributed by atoms with E-state index in [0.717, 1.165) is 9.65 Å². The van der Waals surface area contributed by atoms with Gasteiger partial charge in [-0.05, 0) is 75.4 Å². The molecule has 2 aliphatic carbocycles. The molecular weight excluding hydrogens is 368 g/mol. The van der Waals surface area contributed by atoms with Crippen molar-refractivity contribution in [1.29, 1.82) is 0 Å². The Bertz CT molecular complexity index is 268. The molecule has 108 valence electrons. The van der Waals surface area contributed by atoms with Crippen LogP contribution in [0, 0.1) is 11.8 Å². The van der Waals surface area contributed by atoms with Gasteiger partial charge in [-0.2, -0.15) is 0 Å². The fraction of sp³-hybridized carbons (Fsp3) is 0.750. The Morgan fingerprint density at radius 1 is 0.632 bits per heavy atom. The Morgan fingerprint density at radius 2 is 1.00 bits per heavy atom. The molecular formula is C16H24Br2O. The van der Waals surface area contributed by atoms with Crippen LogP contribution in [0.15, 0.2) is 24.7 Å². The first-order valence-corrected chi connectivity index (χ1v) is 9.34. The number of hydrogen-bond donors (Lipinski definition) is 0. The SMILES string of the molecule is BrC1CCC(C=COC=CC2CCC(Br)CC2)CC1. The molecule has 0 N–H and O–H groups in total. The summed E-state index contributed by atoms with van der Waals surface area (Å²) in [6, 6.07) is 0. The van der Waals surface area contributed by atoms with Crippen molar-refractivity contribution in [3.63, 3.8) is 0 Å². The maximum Gasteiger partial charge on any atom is 0.0864 e. The Morgan fingerprint density at radius 3 is 1.37 bits per heavy atom. The summed E-state index contributed by atoms with van der Waals surface area (Å²) in [4.78, 5) is 1.48. The molecule has 0 spiro atoms. The van der Waals surface area contributed by atoms with Gasteiger partial charge in [-0.15, -0.1) is 0 Å². The number of rotatable bonds is 4. The van der Waals surface area contributed by atoms with E-state index >= 15 is 0 Å². The molecule has 0 aromatic heterocycles. The third kappa shape index (κ3) is 6.03. The lowest BCUT2D eigenvalue weighted by Crippen LogP contribution is -2.12. The number of halogens is 2. The predicted molar refractivity (Wildman–Crippen MR) is 88.7 cm³/mol. The molecule has 3 heteroatoms. The van der Waals surface area contributed by atoms with Gasteiger partial charge < -0.3 is 4.74 Å². The molecule has 0 bridgehead atoms. The molecule has 1 nitrogen and oxygen atoms in total. The highest BCUT2D eigenvalue weighted by Crippen LogP contribution is 2.30. The minimum atomic E-state index is 0.714. The average molecular weight is 392 g/mol. The van der Waals surface area contributed by atoms with Crippen LogP contribution in [0.2, 0.25) is 0 Å². The summed E-state index contributed by atoms with van der Waals surface area (Å²) in [6.07, 6.45) is 18.5. The molecule has 0 aromatic rings. The fourth-order valence-electron chi connectivity index (χ4n) is 2.90. The van der Waals surface area contributed by atoms with E-state index in [1.807, 2.05) is 12.5 Å². The van der Waals surface area contributed by atoms with Gasteiger partial charge in [0.2, 0.25) is 0 Å². The lowest BCUT2D eigenvalue weighted by Gasteiger charge is -2.22. The highest BCUT2D eigenvalue weighted by Gasteiger charge is 2.17. The summed E-state index contributed by atoms with van der Waals surface area (Å²) in [5.74, 6) is 1.43. The minimum Gasteiger partial charge on any atom is -0.473 e. The molecule has 0 unspecified atom stereocenters. The monoisotopic (exact) mass is 390 g/mol. The van der Waals surface area contributed by atoms with Crippen LogP contribution >= 0.6 is 31.9 Å². The molecule has 19 heavy (non-hydrogen) atoms. The Hall–Kier alpha value is 0.240. The van der Waals surface area contributed by atoms with Gasteiger partial charge in [0.05, 0.1) is 12.5 Å². The molecule has 0 aliphatic heterocycles. The molecule has 0 heterocycles. The van der Waals surface area contributed by atoms with E-state index in [1.165, 1.54) is 51.4 Å². The van der Waals surface area contributed by atoms with Crippen LogP contribution in [-0.2, 0) is 4.74 Å².